The van der Waals surface area contributed by atoms with Gasteiger partial charge in [-0.2, -0.15) is 13.1 Å². The van der Waals surface area contributed by atoms with Crippen molar-refractivity contribution in [2.75, 3.05) is 32.8 Å². The molecule has 26 heavy (non-hydrogen) atoms. The molecule has 2 aromatic rings. The molecule has 2 heterocycles. The summed E-state index contributed by atoms with van der Waals surface area (Å²) in [6.07, 6.45) is 0.141. The summed E-state index contributed by atoms with van der Waals surface area (Å²) in [5, 5.41) is 0. The predicted molar refractivity (Wildman–Crippen MR) is 98.5 cm³/mol. The number of hydrogen-bond donors (Lipinski definition) is 0. The Kier molecular flexibility index (Phi) is 5.86. The van der Waals surface area contributed by atoms with Gasteiger partial charge in [-0.15, -0.1) is 0 Å². The molecule has 0 saturated carbocycles. The smallest absolute Gasteiger partial charge is 0.251 e. The number of carbonyl (C=O) groups excluding carboxylic acids is 1. The van der Waals surface area contributed by atoms with E-state index in [1.165, 1.54) is 4.31 Å². The maximum atomic E-state index is 13.0. The van der Waals surface area contributed by atoms with Gasteiger partial charge in [0.25, 0.3) is 5.91 Å². The lowest BCUT2D eigenvalue weighted by molar-refractivity contribution is -0.144. The summed E-state index contributed by atoms with van der Waals surface area (Å²) >= 11 is 0.995. The molecule has 1 saturated heterocycles. The Balaban J connectivity index is 1.73. The number of piperazine rings is 1. The first-order chi connectivity index (χ1) is 12.5. The van der Waals surface area contributed by atoms with E-state index in [9.17, 15) is 13.2 Å². The Bertz CT molecular complexity index is 875. The predicted octanol–water partition coefficient (Wildman–Crippen LogP) is 1.34. The number of sulfonamides is 1. The van der Waals surface area contributed by atoms with Crippen LogP contribution in [-0.4, -0.2) is 71.2 Å². The quantitative estimate of drug-likeness (QED) is 0.729. The molecular weight excluding hydrogens is 376 g/mol. The van der Waals surface area contributed by atoms with Crippen LogP contribution >= 0.6 is 11.7 Å². The highest BCUT2D eigenvalue weighted by molar-refractivity contribution is 7.89. The van der Waals surface area contributed by atoms with Crippen LogP contribution in [0.25, 0.3) is 11.0 Å². The van der Waals surface area contributed by atoms with Gasteiger partial charge in [0.05, 0.1) is 11.7 Å². The van der Waals surface area contributed by atoms with Gasteiger partial charge in [-0.05, 0) is 25.5 Å². The summed E-state index contributed by atoms with van der Waals surface area (Å²) in [6, 6.07) is 4.97. The molecular formula is C16H22N4O4S2. The van der Waals surface area contributed by atoms with E-state index in [0.717, 1.165) is 11.7 Å². The summed E-state index contributed by atoms with van der Waals surface area (Å²) in [6.45, 7) is 5.45. The molecule has 1 amide bonds. The Labute approximate surface area is 157 Å². The molecule has 8 nitrogen and oxygen atoms in total. The average molecular weight is 399 g/mol. The third-order valence-corrected chi connectivity index (χ3v) is 6.90. The molecule has 1 fully saturated rings. The van der Waals surface area contributed by atoms with Gasteiger partial charge >= 0.3 is 0 Å². The third kappa shape index (κ3) is 3.59. The van der Waals surface area contributed by atoms with Crippen LogP contribution in [0.15, 0.2) is 23.1 Å². The minimum absolute atomic E-state index is 0.0720. The fraction of sp³-hybridized carbons (Fsp3) is 0.562. The molecule has 10 heteroatoms. The Morgan fingerprint density at radius 1 is 1.23 bits per heavy atom. The van der Waals surface area contributed by atoms with Gasteiger partial charge < -0.3 is 9.64 Å². The average Bonchev–Trinajstić information content (AvgIpc) is 3.14. The second-order valence-electron chi connectivity index (χ2n) is 5.97. The largest absolute Gasteiger partial charge is 0.369 e. The second-order valence-corrected chi connectivity index (χ2v) is 8.40. The third-order valence-electron chi connectivity index (χ3n) is 4.43. The van der Waals surface area contributed by atoms with E-state index >= 15 is 0 Å². The first kappa shape index (κ1) is 19.2. The second kappa shape index (κ2) is 7.95. The number of amides is 1. The maximum absolute atomic E-state index is 13.0. The van der Waals surface area contributed by atoms with Crippen molar-refractivity contribution in [3.63, 3.8) is 0 Å². The molecule has 1 aromatic carbocycles. The van der Waals surface area contributed by atoms with Gasteiger partial charge in [-0.3, -0.25) is 4.79 Å². The minimum atomic E-state index is -3.68. The van der Waals surface area contributed by atoms with Crippen LogP contribution in [0.1, 0.15) is 20.3 Å². The number of aromatic nitrogens is 2. The number of carbonyl (C=O) groups is 1. The zero-order valence-electron chi connectivity index (χ0n) is 14.8. The molecule has 1 unspecified atom stereocenters. The summed E-state index contributed by atoms with van der Waals surface area (Å²) in [5.41, 5.74) is 0.978. The van der Waals surface area contributed by atoms with Gasteiger partial charge in [0, 0.05) is 32.8 Å². The molecule has 1 aliphatic rings. The van der Waals surface area contributed by atoms with Crippen LogP contribution in [0.2, 0.25) is 0 Å². The lowest BCUT2D eigenvalue weighted by Gasteiger charge is -2.35. The summed E-state index contributed by atoms with van der Waals surface area (Å²) < 4.78 is 41.1. The highest BCUT2D eigenvalue weighted by Crippen LogP contribution is 2.25. The molecule has 0 N–H and O–H groups in total. The van der Waals surface area contributed by atoms with Crippen LogP contribution < -0.4 is 0 Å². The van der Waals surface area contributed by atoms with Crippen LogP contribution in [0.4, 0.5) is 0 Å². The standard InChI is InChI=1S/C16H22N4O4S2/c1-3-13(24-4-2)16(21)19-8-10-20(11-9-19)26(22,23)14-7-5-6-12-15(14)18-25-17-12/h5-7,13H,3-4,8-11H2,1-2H3. The molecule has 1 aromatic heterocycles. The van der Waals surface area contributed by atoms with E-state index in [2.05, 4.69) is 8.75 Å². The molecule has 0 spiro atoms. The van der Waals surface area contributed by atoms with E-state index in [1.807, 2.05) is 13.8 Å². The number of benzene rings is 1. The lowest BCUT2D eigenvalue weighted by atomic mass is 10.2. The van der Waals surface area contributed by atoms with Crippen LogP contribution in [-0.2, 0) is 19.6 Å². The van der Waals surface area contributed by atoms with Gasteiger partial charge in [0.15, 0.2) is 0 Å². The molecule has 0 bridgehead atoms. The monoisotopic (exact) mass is 398 g/mol. The SMILES string of the molecule is CCOC(CC)C(=O)N1CCN(S(=O)(=O)c2cccc3nsnc23)CC1. The number of hydrogen-bond acceptors (Lipinski definition) is 7. The van der Waals surface area contributed by atoms with Crippen molar-refractivity contribution in [1.29, 1.82) is 0 Å². The summed E-state index contributed by atoms with van der Waals surface area (Å²) in [5.74, 6) is -0.0720. The van der Waals surface area contributed by atoms with E-state index in [1.54, 1.807) is 23.1 Å². The van der Waals surface area contributed by atoms with E-state index < -0.39 is 16.1 Å². The Morgan fingerprint density at radius 3 is 2.62 bits per heavy atom. The molecule has 0 radical (unpaired) electrons. The highest BCUT2D eigenvalue weighted by atomic mass is 32.2. The highest BCUT2D eigenvalue weighted by Gasteiger charge is 2.33. The maximum Gasteiger partial charge on any atom is 0.251 e. The number of nitrogens with zero attached hydrogens (tertiary/aromatic N) is 4. The zero-order chi connectivity index (χ0) is 18.7. The lowest BCUT2D eigenvalue weighted by Crippen LogP contribution is -2.53. The van der Waals surface area contributed by atoms with Gasteiger partial charge in [0.1, 0.15) is 22.0 Å². The van der Waals surface area contributed by atoms with Crippen LogP contribution in [0.3, 0.4) is 0 Å². The van der Waals surface area contributed by atoms with E-state index in [0.29, 0.717) is 37.2 Å². The van der Waals surface area contributed by atoms with Crippen molar-refractivity contribution in [2.45, 2.75) is 31.3 Å². The zero-order valence-corrected chi connectivity index (χ0v) is 16.4. The van der Waals surface area contributed by atoms with Gasteiger partial charge in [-0.1, -0.05) is 13.0 Å². The molecule has 142 valence electrons. The minimum Gasteiger partial charge on any atom is -0.369 e. The number of ether oxygens (including phenoxy) is 1. The number of fused-ring (bicyclic) bond motifs is 1. The van der Waals surface area contributed by atoms with Crippen molar-refractivity contribution in [3.05, 3.63) is 18.2 Å². The van der Waals surface area contributed by atoms with Crippen molar-refractivity contribution >= 4 is 38.7 Å². The van der Waals surface area contributed by atoms with Crippen molar-refractivity contribution in [3.8, 4) is 0 Å². The van der Waals surface area contributed by atoms with E-state index in [-0.39, 0.29) is 23.9 Å². The van der Waals surface area contributed by atoms with Crippen molar-refractivity contribution in [1.82, 2.24) is 18.0 Å². The van der Waals surface area contributed by atoms with Gasteiger partial charge in [-0.25, -0.2) is 8.42 Å². The fourth-order valence-corrected chi connectivity index (χ4v) is 5.22. The van der Waals surface area contributed by atoms with Gasteiger partial charge in [0.2, 0.25) is 10.0 Å². The first-order valence-corrected chi connectivity index (χ1v) is 10.8. The summed E-state index contributed by atoms with van der Waals surface area (Å²) in [7, 11) is -3.68. The molecule has 0 aliphatic carbocycles. The molecule has 3 rings (SSSR count). The van der Waals surface area contributed by atoms with Crippen LogP contribution in [0, 0.1) is 0 Å². The first-order valence-electron chi connectivity index (χ1n) is 8.60. The fourth-order valence-electron chi connectivity index (χ4n) is 3.05. The number of rotatable bonds is 6. The Morgan fingerprint density at radius 2 is 1.96 bits per heavy atom. The van der Waals surface area contributed by atoms with Crippen molar-refractivity contribution in [2.24, 2.45) is 0 Å². The summed E-state index contributed by atoms with van der Waals surface area (Å²) in [4.78, 5) is 14.4. The molecule has 1 aliphatic heterocycles. The van der Waals surface area contributed by atoms with Crippen molar-refractivity contribution < 1.29 is 17.9 Å². The van der Waals surface area contributed by atoms with Crippen LogP contribution in [0.5, 0.6) is 0 Å². The Hall–Kier alpha value is -1.62. The van der Waals surface area contributed by atoms with E-state index in [4.69, 9.17) is 4.74 Å². The topological polar surface area (TPSA) is 92.7 Å². The normalized spacial score (nSPS) is 17.5. The molecule has 1 atom stereocenters.